The van der Waals surface area contributed by atoms with Crippen molar-refractivity contribution >= 4 is 0 Å². The number of hydrogen-bond donors (Lipinski definition) is 1. The van der Waals surface area contributed by atoms with E-state index in [0.29, 0.717) is 6.04 Å². The lowest BCUT2D eigenvalue weighted by Crippen LogP contribution is -2.52. The van der Waals surface area contributed by atoms with Crippen LogP contribution in [0.5, 0.6) is 0 Å². The summed E-state index contributed by atoms with van der Waals surface area (Å²) in [5.74, 6) is 0. The van der Waals surface area contributed by atoms with E-state index < -0.39 is 0 Å². The zero-order chi connectivity index (χ0) is 15.3. The van der Waals surface area contributed by atoms with Gasteiger partial charge in [0.1, 0.15) is 0 Å². The molecule has 1 unspecified atom stereocenters. The maximum atomic E-state index is 6.27. The Bertz CT molecular complexity index is 435. The molecule has 1 saturated carbocycles. The van der Waals surface area contributed by atoms with E-state index in [2.05, 4.69) is 48.9 Å². The molecular weight excluding hydrogens is 262 g/mol. The number of nitrogens with one attached hydrogen (secondary N) is 1. The minimum Gasteiger partial charge on any atom is -0.374 e. The third kappa shape index (κ3) is 3.67. The normalized spacial score (nSPS) is 19.0. The molecule has 1 aliphatic carbocycles. The van der Waals surface area contributed by atoms with Crippen molar-refractivity contribution in [3.8, 4) is 0 Å². The highest BCUT2D eigenvalue weighted by molar-refractivity contribution is 5.13. The summed E-state index contributed by atoms with van der Waals surface area (Å²) in [6.07, 6.45) is 5.93. The van der Waals surface area contributed by atoms with Gasteiger partial charge in [-0.15, -0.1) is 0 Å². The first-order valence-electron chi connectivity index (χ1n) is 8.55. The SMILES string of the molecule is CCNC(Cc1cc(C)nn1CC)C1(OCC)CCCC1. The summed E-state index contributed by atoms with van der Waals surface area (Å²) in [6.45, 7) is 11.3. The molecule has 1 atom stereocenters. The van der Waals surface area contributed by atoms with E-state index in [9.17, 15) is 0 Å². The molecule has 120 valence electrons. The van der Waals surface area contributed by atoms with E-state index in [1.54, 1.807) is 0 Å². The molecule has 1 heterocycles. The van der Waals surface area contributed by atoms with E-state index in [4.69, 9.17) is 4.74 Å². The molecule has 1 aromatic rings. The van der Waals surface area contributed by atoms with Gasteiger partial charge in [-0.25, -0.2) is 0 Å². The fourth-order valence-corrected chi connectivity index (χ4v) is 3.79. The average Bonchev–Trinajstić information content (AvgIpc) is 3.06. The van der Waals surface area contributed by atoms with Gasteiger partial charge in [0.15, 0.2) is 0 Å². The monoisotopic (exact) mass is 293 g/mol. The lowest BCUT2D eigenvalue weighted by atomic mass is 9.88. The van der Waals surface area contributed by atoms with E-state index in [0.717, 1.165) is 31.8 Å². The number of hydrogen-bond acceptors (Lipinski definition) is 3. The second kappa shape index (κ2) is 7.41. The highest BCUT2D eigenvalue weighted by atomic mass is 16.5. The summed E-state index contributed by atoms with van der Waals surface area (Å²) in [6, 6.07) is 2.61. The van der Waals surface area contributed by atoms with Gasteiger partial charge in [-0.2, -0.15) is 5.10 Å². The molecule has 21 heavy (non-hydrogen) atoms. The average molecular weight is 293 g/mol. The zero-order valence-electron chi connectivity index (χ0n) is 14.1. The highest BCUT2D eigenvalue weighted by Crippen LogP contribution is 2.37. The van der Waals surface area contributed by atoms with Gasteiger partial charge in [0.25, 0.3) is 0 Å². The van der Waals surface area contributed by atoms with Crippen molar-refractivity contribution in [3.05, 3.63) is 17.5 Å². The first kappa shape index (κ1) is 16.5. The summed E-state index contributed by atoms with van der Waals surface area (Å²) >= 11 is 0. The molecule has 1 N–H and O–H groups in total. The van der Waals surface area contributed by atoms with Crippen LogP contribution in [-0.4, -0.2) is 34.6 Å². The van der Waals surface area contributed by atoms with E-state index in [-0.39, 0.29) is 5.60 Å². The Morgan fingerprint density at radius 2 is 2.05 bits per heavy atom. The second-order valence-corrected chi connectivity index (χ2v) is 6.11. The summed E-state index contributed by atoms with van der Waals surface area (Å²) in [7, 11) is 0. The molecule has 4 nitrogen and oxygen atoms in total. The molecule has 0 aliphatic heterocycles. The van der Waals surface area contributed by atoms with Crippen molar-refractivity contribution in [1.82, 2.24) is 15.1 Å². The van der Waals surface area contributed by atoms with Crippen molar-refractivity contribution in [2.24, 2.45) is 0 Å². The summed E-state index contributed by atoms with van der Waals surface area (Å²) in [5.41, 5.74) is 2.45. The van der Waals surface area contributed by atoms with Crippen LogP contribution in [0, 0.1) is 6.92 Å². The van der Waals surface area contributed by atoms with Crippen LogP contribution in [0.4, 0.5) is 0 Å². The molecule has 2 rings (SSSR count). The van der Waals surface area contributed by atoms with Crippen LogP contribution in [0.15, 0.2) is 6.07 Å². The minimum atomic E-state index is 0.0154. The van der Waals surface area contributed by atoms with Crippen LogP contribution >= 0.6 is 0 Å². The third-order valence-corrected chi connectivity index (χ3v) is 4.67. The largest absolute Gasteiger partial charge is 0.374 e. The van der Waals surface area contributed by atoms with Crippen molar-refractivity contribution < 1.29 is 4.74 Å². The van der Waals surface area contributed by atoms with Gasteiger partial charge < -0.3 is 10.1 Å². The zero-order valence-corrected chi connectivity index (χ0v) is 14.1. The Kier molecular flexibility index (Phi) is 5.82. The lowest BCUT2D eigenvalue weighted by molar-refractivity contribution is -0.0613. The molecule has 0 amide bonds. The van der Waals surface area contributed by atoms with Crippen LogP contribution in [0.3, 0.4) is 0 Å². The molecule has 0 bridgehead atoms. The van der Waals surface area contributed by atoms with Gasteiger partial charge in [-0.1, -0.05) is 19.8 Å². The highest BCUT2D eigenvalue weighted by Gasteiger charge is 2.42. The number of likely N-dealkylation sites (N-methyl/N-ethyl adjacent to an activating group) is 1. The predicted molar refractivity (Wildman–Crippen MR) is 86.6 cm³/mol. The van der Waals surface area contributed by atoms with Crippen LogP contribution in [0.2, 0.25) is 0 Å². The standard InChI is InChI=1S/C17H31N3O/c1-5-18-16(17(21-7-3)10-8-9-11-17)13-15-12-14(4)19-20(15)6-2/h12,16,18H,5-11,13H2,1-4H3. The minimum absolute atomic E-state index is 0.0154. The Morgan fingerprint density at radius 1 is 1.33 bits per heavy atom. The Morgan fingerprint density at radius 3 is 2.62 bits per heavy atom. The number of ether oxygens (including phenoxy) is 1. The first-order chi connectivity index (χ1) is 10.1. The second-order valence-electron chi connectivity index (χ2n) is 6.11. The number of aromatic nitrogens is 2. The van der Waals surface area contributed by atoms with Gasteiger partial charge >= 0.3 is 0 Å². The molecular formula is C17H31N3O. The topological polar surface area (TPSA) is 39.1 Å². The van der Waals surface area contributed by atoms with Gasteiger partial charge in [-0.05, 0) is 46.2 Å². The van der Waals surface area contributed by atoms with Crippen molar-refractivity contribution in [2.45, 2.75) is 78.0 Å². The van der Waals surface area contributed by atoms with Crippen LogP contribution in [0.1, 0.15) is 57.8 Å². The lowest BCUT2D eigenvalue weighted by Gasteiger charge is -2.38. The maximum absolute atomic E-state index is 6.27. The summed E-state index contributed by atoms with van der Waals surface area (Å²) < 4.78 is 8.40. The Hall–Kier alpha value is -0.870. The molecule has 1 aliphatic rings. The van der Waals surface area contributed by atoms with Crippen molar-refractivity contribution in [3.63, 3.8) is 0 Å². The third-order valence-electron chi connectivity index (χ3n) is 4.67. The molecule has 4 heteroatoms. The number of aryl methyl sites for hydroxylation is 2. The number of nitrogens with zero attached hydrogens (tertiary/aromatic N) is 2. The van der Waals surface area contributed by atoms with E-state index in [1.807, 2.05) is 0 Å². The first-order valence-corrected chi connectivity index (χ1v) is 8.55. The molecule has 1 aromatic heterocycles. The van der Waals surface area contributed by atoms with E-state index in [1.165, 1.54) is 31.4 Å². The van der Waals surface area contributed by atoms with Crippen molar-refractivity contribution in [1.29, 1.82) is 0 Å². The Balaban J connectivity index is 2.21. The molecule has 1 fully saturated rings. The Labute approximate surface area is 129 Å². The van der Waals surface area contributed by atoms with Gasteiger partial charge in [0.05, 0.1) is 11.3 Å². The maximum Gasteiger partial charge on any atom is 0.0838 e. The molecule has 0 aromatic carbocycles. The van der Waals surface area contributed by atoms with Crippen LogP contribution < -0.4 is 5.32 Å². The smallest absolute Gasteiger partial charge is 0.0838 e. The van der Waals surface area contributed by atoms with Crippen molar-refractivity contribution in [2.75, 3.05) is 13.2 Å². The van der Waals surface area contributed by atoms with Gasteiger partial charge in [0, 0.05) is 31.3 Å². The van der Waals surface area contributed by atoms with Crippen LogP contribution in [-0.2, 0) is 17.7 Å². The predicted octanol–water partition coefficient (Wildman–Crippen LogP) is 3.08. The van der Waals surface area contributed by atoms with Gasteiger partial charge in [-0.3, -0.25) is 4.68 Å². The summed E-state index contributed by atoms with van der Waals surface area (Å²) in [5, 5.41) is 8.28. The van der Waals surface area contributed by atoms with Crippen LogP contribution in [0.25, 0.3) is 0 Å². The molecule has 0 saturated heterocycles. The van der Waals surface area contributed by atoms with Gasteiger partial charge in [0.2, 0.25) is 0 Å². The fraction of sp³-hybridized carbons (Fsp3) is 0.824. The molecule has 0 spiro atoms. The van der Waals surface area contributed by atoms with E-state index >= 15 is 0 Å². The quantitative estimate of drug-likeness (QED) is 0.800. The fourth-order valence-electron chi connectivity index (χ4n) is 3.79. The number of rotatable bonds is 8. The molecule has 0 radical (unpaired) electrons. The summed E-state index contributed by atoms with van der Waals surface area (Å²) in [4.78, 5) is 0.